The largest absolute Gasteiger partial charge is 0.484 e. The third kappa shape index (κ3) is 3.82. The summed E-state index contributed by atoms with van der Waals surface area (Å²) in [6, 6.07) is 16.5. The van der Waals surface area contributed by atoms with Crippen LogP contribution in [0, 0.1) is 0 Å². The minimum atomic E-state index is -0.0240. The van der Waals surface area contributed by atoms with E-state index in [1.54, 1.807) is 36.4 Å². The second kappa shape index (κ2) is 7.30. The summed E-state index contributed by atoms with van der Waals surface area (Å²) in [7, 11) is 0. The normalized spacial score (nSPS) is 13.4. The minimum absolute atomic E-state index is 0.0180. The summed E-state index contributed by atoms with van der Waals surface area (Å²) < 4.78 is 5.57. The highest BCUT2D eigenvalue weighted by Gasteiger charge is 2.31. The van der Waals surface area contributed by atoms with Crippen LogP contribution in [0.25, 0.3) is 0 Å². The van der Waals surface area contributed by atoms with E-state index in [9.17, 15) is 9.59 Å². The molecular formula is C20H21NO3. The van der Waals surface area contributed by atoms with E-state index in [0.717, 1.165) is 19.4 Å². The molecule has 1 aliphatic rings. The van der Waals surface area contributed by atoms with Crippen molar-refractivity contribution in [3.8, 4) is 5.75 Å². The molecule has 2 aromatic rings. The maximum absolute atomic E-state index is 12.3. The van der Waals surface area contributed by atoms with E-state index < -0.39 is 0 Å². The topological polar surface area (TPSA) is 46.6 Å². The molecule has 0 saturated heterocycles. The summed E-state index contributed by atoms with van der Waals surface area (Å²) in [4.78, 5) is 26.3. The SMILES string of the molecule is CCN(C(=O)COc1ccc(C(=O)c2ccccc2)cc1)C1CC1. The van der Waals surface area contributed by atoms with Crippen LogP contribution >= 0.6 is 0 Å². The molecule has 0 bridgehead atoms. The van der Waals surface area contributed by atoms with Crippen LogP contribution in [0.15, 0.2) is 54.6 Å². The first-order valence-corrected chi connectivity index (χ1v) is 8.31. The zero-order chi connectivity index (χ0) is 16.9. The highest BCUT2D eigenvalue weighted by Crippen LogP contribution is 2.26. The summed E-state index contributed by atoms with van der Waals surface area (Å²) in [5.41, 5.74) is 1.26. The predicted molar refractivity (Wildman–Crippen MR) is 92.2 cm³/mol. The summed E-state index contributed by atoms with van der Waals surface area (Å²) in [6.07, 6.45) is 2.19. The standard InChI is InChI=1S/C20H21NO3/c1-2-21(17-10-11-17)19(22)14-24-18-12-8-16(9-13-18)20(23)15-6-4-3-5-7-15/h3-9,12-13,17H,2,10-11,14H2,1H3. The average Bonchev–Trinajstić information content (AvgIpc) is 3.46. The summed E-state index contributed by atoms with van der Waals surface area (Å²) in [5.74, 6) is 0.591. The van der Waals surface area contributed by atoms with Gasteiger partial charge in [-0.1, -0.05) is 30.3 Å². The van der Waals surface area contributed by atoms with Crippen LogP contribution in [-0.4, -0.2) is 35.8 Å². The molecule has 1 amide bonds. The molecule has 124 valence electrons. The van der Waals surface area contributed by atoms with Gasteiger partial charge in [-0.3, -0.25) is 9.59 Å². The van der Waals surface area contributed by atoms with E-state index in [1.807, 2.05) is 30.0 Å². The monoisotopic (exact) mass is 323 g/mol. The van der Waals surface area contributed by atoms with Crippen LogP contribution in [0.5, 0.6) is 5.75 Å². The lowest BCUT2D eigenvalue weighted by molar-refractivity contribution is -0.133. The van der Waals surface area contributed by atoms with Crippen molar-refractivity contribution in [2.75, 3.05) is 13.2 Å². The van der Waals surface area contributed by atoms with Gasteiger partial charge >= 0.3 is 0 Å². The van der Waals surface area contributed by atoms with Gasteiger partial charge in [0.1, 0.15) is 5.75 Å². The highest BCUT2D eigenvalue weighted by atomic mass is 16.5. The Morgan fingerprint density at radius 3 is 2.21 bits per heavy atom. The van der Waals surface area contributed by atoms with Crippen molar-refractivity contribution in [1.29, 1.82) is 0 Å². The van der Waals surface area contributed by atoms with E-state index in [1.165, 1.54) is 0 Å². The molecule has 0 unspecified atom stereocenters. The number of carbonyl (C=O) groups is 2. The zero-order valence-corrected chi connectivity index (χ0v) is 13.8. The molecule has 4 nitrogen and oxygen atoms in total. The molecule has 1 fully saturated rings. The van der Waals surface area contributed by atoms with Gasteiger partial charge in [-0.2, -0.15) is 0 Å². The van der Waals surface area contributed by atoms with Crippen molar-refractivity contribution in [3.05, 3.63) is 65.7 Å². The van der Waals surface area contributed by atoms with Gasteiger partial charge in [-0.15, -0.1) is 0 Å². The fourth-order valence-corrected chi connectivity index (χ4v) is 2.71. The van der Waals surface area contributed by atoms with Crippen molar-refractivity contribution >= 4 is 11.7 Å². The van der Waals surface area contributed by atoms with Crippen LogP contribution in [-0.2, 0) is 4.79 Å². The van der Waals surface area contributed by atoms with Crippen LogP contribution in [0.1, 0.15) is 35.7 Å². The Bertz CT molecular complexity index is 705. The molecule has 1 aliphatic carbocycles. The lowest BCUT2D eigenvalue weighted by Crippen LogP contribution is -2.36. The highest BCUT2D eigenvalue weighted by molar-refractivity contribution is 6.08. The van der Waals surface area contributed by atoms with Gasteiger partial charge in [0.2, 0.25) is 0 Å². The van der Waals surface area contributed by atoms with Crippen molar-refractivity contribution < 1.29 is 14.3 Å². The molecular weight excluding hydrogens is 302 g/mol. The molecule has 0 radical (unpaired) electrons. The van der Waals surface area contributed by atoms with E-state index in [2.05, 4.69) is 0 Å². The number of likely N-dealkylation sites (N-methyl/N-ethyl adjacent to an activating group) is 1. The predicted octanol–water partition coefficient (Wildman–Crippen LogP) is 3.31. The third-order valence-corrected chi connectivity index (χ3v) is 4.16. The molecule has 0 aromatic heterocycles. The smallest absolute Gasteiger partial charge is 0.260 e. The van der Waals surface area contributed by atoms with Crippen LogP contribution in [0.4, 0.5) is 0 Å². The Balaban J connectivity index is 1.58. The van der Waals surface area contributed by atoms with Crippen molar-refractivity contribution in [1.82, 2.24) is 4.90 Å². The first kappa shape index (κ1) is 16.2. The molecule has 24 heavy (non-hydrogen) atoms. The van der Waals surface area contributed by atoms with Crippen molar-refractivity contribution in [3.63, 3.8) is 0 Å². The van der Waals surface area contributed by atoms with E-state index in [0.29, 0.717) is 22.9 Å². The van der Waals surface area contributed by atoms with Gasteiger partial charge in [0.05, 0.1) is 0 Å². The number of rotatable bonds is 7. The molecule has 3 rings (SSSR count). The number of nitrogens with zero attached hydrogens (tertiary/aromatic N) is 1. The van der Waals surface area contributed by atoms with E-state index >= 15 is 0 Å². The number of amides is 1. The van der Waals surface area contributed by atoms with Crippen molar-refractivity contribution in [2.24, 2.45) is 0 Å². The molecule has 2 aromatic carbocycles. The first-order valence-electron chi connectivity index (χ1n) is 8.31. The van der Waals surface area contributed by atoms with Gasteiger partial charge in [0.15, 0.2) is 12.4 Å². The van der Waals surface area contributed by atoms with Gasteiger partial charge in [-0.05, 0) is 44.0 Å². The molecule has 4 heteroatoms. The molecule has 0 N–H and O–H groups in total. The Hall–Kier alpha value is -2.62. The first-order chi connectivity index (χ1) is 11.7. The Morgan fingerprint density at radius 1 is 1.00 bits per heavy atom. The van der Waals surface area contributed by atoms with Crippen LogP contribution in [0.3, 0.4) is 0 Å². The van der Waals surface area contributed by atoms with Gasteiger partial charge in [0, 0.05) is 23.7 Å². The third-order valence-electron chi connectivity index (χ3n) is 4.16. The number of ether oxygens (including phenoxy) is 1. The Labute approximate surface area is 142 Å². The number of hydrogen-bond donors (Lipinski definition) is 0. The minimum Gasteiger partial charge on any atom is -0.484 e. The molecule has 0 atom stereocenters. The van der Waals surface area contributed by atoms with Crippen molar-refractivity contribution in [2.45, 2.75) is 25.8 Å². The fourth-order valence-electron chi connectivity index (χ4n) is 2.71. The maximum atomic E-state index is 12.3. The van der Waals surface area contributed by atoms with E-state index in [-0.39, 0.29) is 18.3 Å². The molecule has 1 saturated carbocycles. The Morgan fingerprint density at radius 2 is 1.62 bits per heavy atom. The summed E-state index contributed by atoms with van der Waals surface area (Å²) in [6.45, 7) is 2.74. The quantitative estimate of drug-likeness (QED) is 0.735. The molecule has 0 aliphatic heterocycles. The lowest BCUT2D eigenvalue weighted by Gasteiger charge is -2.20. The number of hydrogen-bond acceptors (Lipinski definition) is 3. The lowest BCUT2D eigenvalue weighted by atomic mass is 10.0. The Kier molecular flexibility index (Phi) is 4.94. The number of benzene rings is 2. The molecule has 0 spiro atoms. The second-order valence-electron chi connectivity index (χ2n) is 5.92. The number of ketones is 1. The second-order valence-corrected chi connectivity index (χ2v) is 5.92. The van der Waals surface area contributed by atoms with Gasteiger partial charge in [-0.25, -0.2) is 0 Å². The fraction of sp³-hybridized carbons (Fsp3) is 0.300. The summed E-state index contributed by atoms with van der Waals surface area (Å²) >= 11 is 0. The van der Waals surface area contributed by atoms with Gasteiger partial charge in [0.25, 0.3) is 5.91 Å². The van der Waals surface area contributed by atoms with Crippen LogP contribution in [0.2, 0.25) is 0 Å². The zero-order valence-electron chi connectivity index (χ0n) is 13.8. The van der Waals surface area contributed by atoms with Crippen LogP contribution < -0.4 is 4.74 Å². The summed E-state index contributed by atoms with van der Waals surface area (Å²) in [5, 5.41) is 0. The van der Waals surface area contributed by atoms with E-state index in [4.69, 9.17) is 4.74 Å². The number of carbonyl (C=O) groups excluding carboxylic acids is 2. The maximum Gasteiger partial charge on any atom is 0.260 e. The molecule has 0 heterocycles. The van der Waals surface area contributed by atoms with Gasteiger partial charge < -0.3 is 9.64 Å². The average molecular weight is 323 g/mol.